The van der Waals surface area contributed by atoms with Crippen molar-refractivity contribution in [1.82, 2.24) is 25.7 Å². The topological polar surface area (TPSA) is 99.2 Å². The molecule has 0 bridgehead atoms. The fourth-order valence-electron chi connectivity index (χ4n) is 5.12. The first-order valence-corrected chi connectivity index (χ1v) is 11.4. The summed E-state index contributed by atoms with van der Waals surface area (Å²) in [6, 6.07) is 9.76. The Morgan fingerprint density at radius 2 is 1.82 bits per heavy atom. The van der Waals surface area contributed by atoms with Crippen molar-refractivity contribution in [3.63, 3.8) is 0 Å². The lowest BCUT2D eigenvalue weighted by molar-refractivity contribution is 0.149. The first kappa shape index (κ1) is 23.2. The smallest absolute Gasteiger partial charge is 0.151 e. The highest BCUT2D eigenvalue weighted by atomic mass is 16.5. The molecule has 0 amide bonds. The SMILES string of the molecule is COCCN(c1ccc(-c2ccc(-c3cn[nH]c3)cc2O)nn1)C1CC(C)(C)NC(C)(C)C1. The highest BCUT2D eigenvalue weighted by Gasteiger charge is 2.40. The average Bonchev–Trinajstić information content (AvgIpc) is 3.27. The van der Waals surface area contributed by atoms with Gasteiger partial charge in [0.15, 0.2) is 5.82 Å². The second-order valence-corrected chi connectivity index (χ2v) is 10.1. The molecule has 2 aromatic heterocycles. The van der Waals surface area contributed by atoms with Gasteiger partial charge in [-0.15, -0.1) is 10.2 Å². The van der Waals surface area contributed by atoms with E-state index in [1.807, 2.05) is 24.3 Å². The number of phenols is 1. The number of piperidine rings is 1. The molecule has 0 atom stereocenters. The molecule has 1 aliphatic rings. The van der Waals surface area contributed by atoms with E-state index in [0.717, 1.165) is 36.3 Å². The van der Waals surface area contributed by atoms with Gasteiger partial charge >= 0.3 is 0 Å². The van der Waals surface area contributed by atoms with Gasteiger partial charge in [0.05, 0.1) is 18.5 Å². The quantitative estimate of drug-likeness (QED) is 0.500. The third-order valence-corrected chi connectivity index (χ3v) is 6.20. The van der Waals surface area contributed by atoms with Crippen LogP contribution in [0.3, 0.4) is 0 Å². The van der Waals surface area contributed by atoms with Crippen LogP contribution < -0.4 is 10.2 Å². The number of phenolic OH excluding ortho intramolecular Hbond substituents is 1. The van der Waals surface area contributed by atoms with Gasteiger partial charge in [-0.2, -0.15) is 5.10 Å². The lowest BCUT2D eigenvalue weighted by Crippen LogP contribution is -2.62. The molecule has 33 heavy (non-hydrogen) atoms. The molecule has 3 aromatic rings. The van der Waals surface area contributed by atoms with Crippen molar-refractivity contribution in [1.29, 1.82) is 0 Å². The summed E-state index contributed by atoms with van der Waals surface area (Å²) in [6.07, 6.45) is 5.52. The molecule has 1 fully saturated rings. The predicted octanol–water partition coefficient (Wildman–Crippen LogP) is 4.00. The maximum absolute atomic E-state index is 10.6. The number of aromatic amines is 1. The Labute approximate surface area is 195 Å². The third kappa shape index (κ3) is 5.34. The molecule has 0 unspecified atom stereocenters. The van der Waals surface area contributed by atoms with E-state index in [1.54, 1.807) is 25.6 Å². The Balaban J connectivity index is 1.59. The summed E-state index contributed by atoms with van der Waals surface area (Å²) in [5.41, 5.74) is 3.12. The first-order chi connectivity index (χ1) is 15.7. The zero-order valence-corrected chi connectivity index (χ0v) is 20.1. The maximum atomic E-state index is 10.6. The van der Waals surface area contributed by atoms with E-state index in [-0.39, 0.29) is 16.8 Å². The Morgan fingerprint density at radius 1 is 1.06 bits per heavy atom. The molecule has 1 aromatic carbocycles. The van der Waals surface area contributed by atoms with Gasteiger partial charge in [-0.3, -0.25) is 5.10 Å². The minimum atomic E-state index is 0.0215. The molecule has 0 spiro atoms. The molecule has 0 saturated carbocycles. The van der Waals surface area contributed by atoms with Crippen molar-refractivity contribution >= 4 is 5.82 Å². The Morgan fingerprint density at radius 3 is 2.39 bits per heavy atom. The minimum absolute atomic E-state index is 0.0215. The van der Waals surface area contributed by atoms with Crippen LogP contribution in [0.25, 0.3) is 22.4 Å². The van der Waals surface area contributed by atoms with Gasteiger partial charge < -0.3 is 20.1 Å². The Hall–Kier alpha value is -2.97. The zero-order chi connectivity index (χ0) is 23.6. The zero-order valence-electron chi connectivity index (χ0n) is 20.1. The maximum Gasteiger partial charge on any atom is 0.151 e. The number of benzene rings is 1. The van der Waals surface area contributed by atoms with Crippen LogP contribution in [0, 0.1) is 0 Å². The lowest BCUT2D eigenvalue weighted by Gasteiger charge is -2.49. The molecule has 4 rings (SSSR count). The van der Waals surface area contributed by atoms with Gasteiger partial charge in [0, 0.05) is 48.1 Å². The van der Waals surface area contributed by atoms with Crippen molar-refractivity contribution in [2.24, 2.45) is 0 Å². The molecule has 8 heteroatoms. The van der Waals surface area contributed by atoms with E-state index in [1.165, 1.54) is 0 Å². The lowest BCUT2D eigenvalue weighted by atomic mass is 9.79. The van der Waals surface area contributed by atoms with Crippen molar-refractivity contribution in [3.8, 4) is 28.1 Å². The number of nitrogens with zero attached hydrogens (tertiary/aromatic N) is 4. The number of rotatable bonds is 7. The largest absolute Gasteiger partial charge is 0.507 e. The van der Waals surface area contributed by atoms with E-state index in [0.29, 0.717) is 23.9 Å². The summed E-state index contributed by atoms with van der Waals surface area (Å²) in [7, 11) is 1.72. The summed E-state index contributed by atoms with van der Waals surface area (Å²) in [5.74, 6) is 0.984. The van der Waals surface area contributed by atoms with Gasteiger partial charge in [0.1, 0.15) is 5.75 Å². The second-order valence-electron chi connectivity index (χ2n) is 10.1. The van der Waals surface area contributed by atoms with Crippen LogP contribution in [0.5, 0.6) is 5.75 Å². The summed E-state index contributed by atoms with van der Waals surface area (Å²) in [5, 5.41) is 30.2. The molecular formula is C25H34N6O2. The normalized spacial score (nSPS) is 17.7. The van der Waals surface area contributed by atoms with Gasteiger partial charge in [0.2, 0.25) is 0 Å². The number of ether oxygens (including phenoxy) is 1. The Bertz CT molecular complexity index is 1050. The molecule has 0 radical (unpaired) electrons. The highest BCUT2D eigenvalue weighted by molar-refractivity contribution is 5.73. The van der Waals surface area contributed by atoms with Crippen molar-refractivity contribution < 1.29 is 9.84 Å². The van der Waals surface area contributed by atoms with Crippen LogP contribution >= 0.6 is 0 Å². The number of hydrogen-bond donors (Lipinski definition) is 3. The third-order valence-electron chi connectivity index (χ3n) is 6.20. The van der Waals surface area contributed by atoms with Crippen LogP contribution in [0.2, 0.25) is 0 Å². The molecule has 8 nitrogen and oxygen atoms in total. The number of nitrogens with one attached hydrogen (secondary N) is 2. The van der Waals surface area contributed by atoms with E-state index < -0.39 is 0 Å². The average molecular weight is 451 g/mol. The van der Waals surface area contributed by atoms with E-state index in [2.05, 4.69) is 58.3 Å². The van der Waals surface area contributed by atoms with Crippen molar-refractivity contribution in [2.45, 2.75) is 57.7 Å². The van der Waals surface area contributed by atoms with Crippen LogP contribution in [-0.4, -0.2) is 62.9 Å². The predicted molar refractivity (Wildman–Crippen MR) is 130 cm³/mol. The summed E-state index contributed by atoms with van der Waals surface area (Å²) in [6.45, 7) is 10.4. The standard InChI is InChI=1S/C25H34N6O2/c1-24(2)13-19(14-25(3,4)30-24)31(10-11-33-5)23-9-8-21(28-29-23)20-7-6-17(12-22(20)32)18-15-26-27-16-18/h6-9,12,15-16,19,30,32H,10-11,13-14H2,1-5H3,(H,26,27). The van der Waals surface area contributed by atoms with Crippen LogP contribution in [0.4, 0.5) is 5.82 Å². The van der Waals surface area contributed by atoms with Crippen molar-refractivity contribution in [3.05, 3.63) is 42.7 Å². The molecular weight excluding hydrogens is 416 g/mol. The number of aromatic nitrogens is 4. The fraction of sp³-hybridized carbons (Fsp3) is 0.480. The van der Waals surface area contributed by atoms with Gasteiger partial charge in [0.25, 0.3) is 0 Å². The Kier molecular flexibility index (Phi) is 6.41. The summed E-state index contributed by atoms with van der Waals surface area (Å²) >= 11 is 0. The van der Waals surface area contributed by atoms with Crippen LogP contribution in [0.1, 0.15) is 40.5 Å². The number of hydrogen-bond acceptors (Lipinski definition) is 7. The highest BCUT2D eigenvalue weighted by Crippen LogP contribution is 2.35. The first-order valence-electron chi connectivity index (χ1n) is 11.4. The molecule has 1 aliphatic heterocycles. The van der Waals surface area contributed by atoms with E-state index in [4.69, 9.17) is 4.74 Å². The van der Waals surface area contributed by atoms with E-state index in [9.17, 15) is 5.11 Å². The fourth-order valence-corrected chi connectivity index (χ4v) is 5.12. The number of aromatic hydroxyl groups is 1. The monoisotopic (exact) mass is 450 g/mol. The summed E-state index contributed by atoms with van der Waals surface area (Å²) < 4.78 is 5.39. The number of H-pyrrole nitrogens is 1. The van der Waals surface area contributed by atoms with Crippen molar-refractivity contribution in [2.75, 3.05) is 25.2 Å². The molecule has 3 N–H and O–H groups in total. The van der Waals surface area contributed by atoms with Crippen LogP contribution in [0.15, 0.2) is 42.7 Å². The van der Waals surface area contributed by atoms with Crippen LogP contribution in [-0.2, 0) is 4.74 Å². The second kappa shape index (κ2) is 9.11. The molecule has 176 valence electrons. The minimum Gasteiger partial charge on any atom is -0.507 e. The summed E-state index contributed by atoms with van der Waals surface area (Å²) in [4.78, 5) is 2.31. The van der Waals surface area contributed by atoms with E-state index >= 15 is 0 Å². The van der Waals surface area contributed by atoms with Gasteiger partial charge in [-0.25, -0.2) is 0 Å². The number of anilines is 1. The number of methoxy groups -OCH3 is 1. The molecule has 3 heterocycles. The van der Waals surface area contributed by atoms with Gasteiger partial charge in [-0.05, 0) is 70.4 Å². The molecule has 1 saturated heterocycles. The van der Waals surface area contributed by atoms with Gasteiger partial charge in [-0.1, -0.05) is 6.07 Å². The molecule has 0 aliphatic carbocycles.